The fourth-order valence-corrected chi connectivity index (χ4v) is 2.40. The molecule has 1 aromatic heterocycles. The molecule has 0 saturated heterocycles. The van der Waals surface area contributed by atoms with E-state index in [1.165, 1.54) is 24.2 Å². The highest BCUT2D eigenvalue weighted by atomic mass is 32.1. The predicted octanol–water partition coefficient (Wildman–Crippen LogP) is 2.06. The van der Waals surface area contributed by atoms with Gasteiger partial charge in [0, 0.05) is 0 Å². The number of amides is 1. The van der Waals surface area contributed by atoms with Crippen LogP contribution in [0.15, 0.2) is 5.51 Å². The maximum atomic E-state index is 11.6. The molecular weight excluding hydrogens is 212 g/mol. The summed E-state index contributed by atoms with van der Waals surface area (Å²) in [6.45, 7) is 1.82. The molecule has 1 aliphatic carbocycles. The van der Waals surface area contributed by atoms with E-state index in [0.29, 0.717) is 4.88 Å². The zero-order valence-corrected chi connectivity index (χ0v) is 9.47. The second-order valence-corrected chi connectivity index (χ2v) is 4.58. The first-order chi connectivity index (χ1) is 7.27. The van der Waals surface area contributed by atoms with Gasteiger partial charge in [0.15, 0.2) is 0 Å². The number of aryl methyl sites for hydroxylation is 1. The van der Waals surface area contributed by atoms with Gasteiger partial charge in [-0.15, -0.1) is 11.3 Å². The number of carbonyl (C=O) groups is 1. The van der Waals surface area contributed by atoms with Gasteiger partial charge in [0.1, 0.15) is 4.88 Å². The van der Waals surface area contributed by atoms with Crippen LogP contribution in [0.1, 0.15) is 41.0 Å². The lowest BCUT2D eigenvalue weighted by molar-refractivity contribution is -0.0122. The number of rotatable bonds is 3. The minimum absolute atomic E-state index is 0.179. The Kier molecular flexibility index (Phi) is 3.33. The van der Waals surface area contributed by atoms with Crippen molar-refractivity contribution in [2.45, 2.75) is 38.7 Å². The van der Waals surface area contributed by atoms with Crippen LogP contribution in [0.5, 0.6) is 0 Å². The zero-order chi connectivity index (χ0) is 10.7. The third-order valence-electron chi connectivity index (χ3n) is 2.57. The Morgan fingerprint density at radius 1 is 1.60 bits per heavy atom. The number of nitrogens with zero attached hydrogens (tertiary/aromatic N) is 1. The van der Waals surface area contributed by atoms with E-state index in [4.69, 9.17) is 4.84 Å². The van der Waals surface area contributed by atoms with E-state index in [1.807, 2.05) is 6.92 Å². The lowest BCUT2D eigenvalue weighted by atomic mass is 10.3. The number of nitrogens with one attached hydrogen (secondary N) is 1. The number of hydrogen-bond donors (Lipinski definition) is 1. The van der Waals surface area contributed by atoms with Crippen molar-refractivity contribution in [3.05, 3.63) is 16.1 Å². The third-order valence-corrected chi connectivity index (χ3v) is 3.50. The molecule has 5 heteroatoms. The molecule has 1 heterocycles. The summed E-state index contributed by atoms with van der Waals surface area (Å²) in [6, 6.07) is 0. The van der Waals surface area contributed by atoms with Crippen molar-refractivity contribution in [3.8, 4) is 0 Å². The van der Waals surface area contributed by atoms with Crippen molar-refractivity contribution >= 4 is 17.2 Å². The van der Waals surface area contributed by atoms with Gasteiger partial charge in [-0.3, -0.25) is 9.63 Å². The summed E-state index contributed by atoms with van der Waals surface area (Å²) in [5.74, 6) is -0.179. The lowest BCUT2D eigenvalue weighted by Gasteiger charge is -2.10. The highest BCUT2D eigenvalue weighted by Crippen LogP contribution is 2.20. The van der Waals surface area contributed by atoms with Gasteiger partial charge in [0.25, 0.3) is 5.91 Å². The first kappa shape index (κ1) is 10.6. The number of hydroxylamine groups is 1. The van der Waals surface area contributed by atoms with E-state index in [9.17, 15) is 4.79 Å². The maximum Gasteiger partial charge on any atom is 0.286 e. The first-order valence-electron chi connectivity index (χ1n) is 5.13. The van der Waals surface area contributed by atoms with Crippen molar-refractivity contribution in [3.63, 3.8) is 0 Å². The van der Waals surface area contributed by atoms with Gasteiger partial charge in [-0.1, -0.05) is 12.8 Å². The Hall–Kier alpha value is -0.940. The number of thiazole rings is 1. The van der Waals surface area contributed by atoms with E-state index >= 15 is 0 Å². The molecular formula is C10H14N2O2S. The molecule has 0 atom stereocenters. The van der Waals surface area contributed by atoms with Crippen LogP contribution < -0.4 is 5.48 Å². The molecule has 15 heavy (non-hydrogen) atoms. The topological polar surface area (TPSA) is 51.2 Å². The highest BCUT2D eigenvalue weighted by molar-refractivity contribution is 7.11. The molecule has 1 aromatic rings. The number of carbonyl (C=O) groups excluding carboxylic acids is 1. The number of hydrogen-bond acceptors (Lipinski definition) is 4. The zero-order valence-electron chi connectivity index (χ0n) is 8.66. The van der Waals surface area contributed by atoms with Gasteiger partial charge in [-0.25, -0.2) is 10.5 Å². The molecule has 0 unspecified atom stereocenters. The molecule has 1 amide bonds. The van der Waals surface area contributed by atoms with Crippen LogP contribution in [0.2, 0.25) is 0 Å². The molecule has 82 valence electrons. The largest absolute Gasteiger partial charge is 0.286 e. The SMILES string of the molecule is Cc1ncsc1C(=O)NOC1CCCC1. The lowest BCUT2D eigenvalue weighted by Crippen LogP contribution is -2.28. The van der Waals surface area contributed by atoms with Crippen LogP contribution in [-0.4, -0.2) is 17.0 Å². The Bertz CT molecular complexity index is 345. The van der Waals surface area contributed by atoms with E-state index in [0.717, 1.165) is 18.5 Å². The molecule has 0 aliphatic heterocycles. The van der Waals surface area contributed by atoms with Crippen molar-refractivity contribution in [2.24, 2.45) is 0 Å². The third kappa shape index (κ3) is 2.54. The van der Waals surface area contributed by atoms with Gasteiger partial charge in [0.05, 0.1) is 17.3 Å². The minimum atomic E-state index is -0.179. The molecule has 1 N–H and O–H groups in total. The summed E-state index contributed by atoms with van der Waals surface area (Å²) in [5, 5.41) is 0. The Labute approximate surface area is 92.6 Å². The smallest absolute Gasteiger partial charge is 0.270 e. The molecule has 0 radical (unpaired) electrons. The van der Waals surface area contributed by atoms with Gasteiger partial charge in [-0.05, 0) is 19.8 Å². The van der Waals surface area contributed by atoms with Gasteiger partial charge < -0.3 is 0 Å². The van der Waals surface area contributed by atoms with Crippen LogP contribution >= 0.6 is 11.3 Å². The Balaban J connectivity index is 1.84. The predicted molar refractivity (Wildman–Crippen MR) is 57.7 cm³/mol. The monoisotopic (exact) mass is 226 g/mol. The number of aromatic nitrogens is 1. The molecule has 1 aliphatic rings. The van der Waals surface area contributed by atoms with E-state index in [1.54, 1.807) is 5.51 Å². The minimum Gasteiger partial charge on any atom is -0.270 e. The van der Waals surface area contributed by atoms with Crippen LogP contribution in [0.3, 0.4) is 0 Å². The molecule has 1 saturated carbocycles. The van der Waals surface area contributed by atoms with Gasteiger partial charge >= 0.3 is 0 Å². The standard InChI is InChI=1S/C10H14N2O2S/c1-7-9(15-6-11-7)10(13)12-14-8-4-2-3-5-8/h6,8H,2-5H2,1H3,(H,12,13). The Morgan fingerprint density at radius 3 is 2.93 bits per heavy atom. The highest BCUT2D eigenvalue weighted by Gasteiger charge is 2.18. The van der Waals surface area contributed by atoms with Crippen molar-refractivity contribution in [2.75, 3.05) is 0 Å². The molecule has 2 rings (SSSR count). The van der Waals surface area contributed by atoms with E-state index < -0.39 is 0 Å². The van der Waals surface area contributed by atoms with Crippen LogP contribution in [0.25, 0.3) is 0 Å². The molecule has 0 bridgehead atoms. The quantitative estimate of drug-likeness (QED) is 0.802. The van der Waals surface area contributed by atoms with Crippen molar-refractivity contribution < 1.29 is 9.63 Å². The Morgan fingerprint density at radius 2 is 2.33 bits per heavy atom. The molecule has 0 aromatic carbocycles. The molecule has 0 spiro atoms. The van der Waals surface area contributed by atoms with E-state index in [2.05, 4.69) is 10.5 Å². The molecule has 4 nitrogen and oxygen atoms in total. The summed E-state index contributed by atoms with van der Waals surface area (Å²) < 4.78 is 0. The second-order valence-electron chi connectivity index (χ2n) is 3.72. The van der Waals surface area contributed by atoms with E-state index in [-0.39, 0.29) is 12.0 Å². The summed E-state index contributed by atoms with van der Waals surface area (Å²) >= 11 is 1.34. The second kappa shape index (κ2) is 4.72. The van der Waals surface area contributed by atoms with Gasteiger partial charge in [0.2, 0.25) is 0 Å². The van der Waals surface area contributed by atoms with Crippen molar-refractivity contribution in [1.82, 2.24) is 10.5 Å². The van der Waals surface area contributed by atoms with Crippen LogP contribution in [0.4, 0.5) is 0 Å². The fraction of sp³-hybridized carbons (Fsp3) is 0.600. The molecule has 1 fully saturated rings. The average molecular weight is 226 g/mol. The van der Waals surface area contributed by atoms with Crippen LogP contribution in [-0.2, 0) is 4.84 Å². The average Bonchev–Trinajstić information content (AvgIpc) is 2.84. The summed E-state index contributed by atoms with van der Waals surface area (Å²) in [6.07, 6.45) is 4.67. The maximum absolute atomic E-state index is 11.6. The summed E-state index contributed by atoms with van der Waals surface area (Å²) in [5.41, 5.74) is 4.92. The summed E-state index contributed by atoms with van der Waals surface area (Å²) in [4.78, 5) is 21.6. The first-order valence-corrected chi connectivity index (χ1v) is 6.01. The summed E-state index contributed by atoms with van der Waals surface area (Å²) in [7, 11) is 0. The van der Waals surface area contributed by atoms with Crippen molar-refractivity contribution in [1.29, 1.82) is 0 Å². The fourth-order valence-electron chi connectivity index (χ4n) is 1.71. The van der Waals surface area contributed by atoms with Crippen LogP contribution in [0, 0.1) is 6.92 Å². The normalized spacial score (nSPS) is 16.9. The van der Waals surface area contributed by atoms with Gasteiger partial charge in [-0.2, -0.15) is 0 Å².